The maximum Gasteiger partial charge on any atom is 0.251 e. The van der Waals surface area contributed by atoms with Gasteiger partial charge in [-0.2, -0.15) is 0 Å². The summed E-state index contributed by atoms with van der Waals surface area (Å²) in [6, 6.07) is 3.43. The predicted molar refractivity (Wildman–Crippen MR) is 134 cm³/mol. The predicted octanol–water partition coefficient (Wildman–Crippen LogP) is 2.90. The average molecular weight is 500 g/mol. The highest BCUT2D eigenvalue weighted by Gasteiger charge is 2.18. The van der Waals surface area contributed by atoms with Crippen LogP contribution >= 0.6 is 0 Å². The van der Waals surface area contributed by atoms with Gasteiger partial charge in [-0.15, -0.1) is 10.2 Å². The number of aryl methyl sites for hydroxylation is 4. The molecule has 11 nitrogen and oxygen atoms in total. The van der Waals surface area contributed by atoms with Crippen molar-refractivity contribution in [2.24, 2.45) is 14.1 Å². The van der Waals surface area contributed by atoms with Crippen LogP contribution < -0.4 is 19.5 Å². The Bertz CT molecular complexity index is 1020. The molecule has 1 N–H and O–H groups in total. The molecular weight excluding hydrogens is 462 g/mol. The molecule has 0 aliphatic rings. The van der Waals surface area contributed by atoms with Crippen LogP contribution in [0.15, 0.2) is 24.5 Å². The van der Waals surface area contributed by atoms with E-state index in [1.807, 2.05) is 33.4 Å². The molecule has 0 saturated carbocycles. The van der Waals surface area contributed by atoms with Crippen LogP contribution in [0.4, 0.5) is 0 Å². The lowest BCUT2D eigenvalue weighted by Crippen LogP contribution is -2.18. The van der Waals surface area contributed by atoms with Gasteiger partial charge in [0.2, 0.25) is 5.75 Å². The van der Waals surface area contributed by atoms with E-state index >= 15 is 0 Å². The van der Waals surface area contributed by atoms with Gasteiger partial charge in [-0.25, -0.2) is 0 Å². The third kappa shape index (κ3) is 8.24. The van der Waals surface area contributed by atoms with Gasteiger partial charge in [-0.3, -0.25) is 14.2 Å². The monoisotopic (exact) mass is 499 g/mol. The van der Waals surface area contributed by atoms with Crippen molar-refractivity contribution in [1.82, 2.24) is 35.3 Å². The molecule has 36 heavy (non-hydrogen) atoms. The molecular formula is C25H37N7O4. The first-order valence-corrected chi connectivity index (χ1v) is 12.5. The van der Waals surface area contributed by atoms with Crippen molar-refractivity contribution in [2.75, 3.05) is 26.9 Å². The zero-order valence-electron chi connectivity index (χ0n) is 21.7. The first kappa shape index (κ1) is 27.0. The summed E-state index contributed by atoms with van der Waals surface area (Å²) in [6.45, 7) is 3.53. The quantitative estimate of drug-likeness (QED) is 0.299. The zero-order chi connectivity index (χ0) is 25.8. The number of hydrogen-bond acceptors (Lipinski definition) is 8. The average Bonchev–Trinajstić information content (AvgIpc) is 3.49. The summed E-state index contributed by atoms with van der Waals surface area (Å²) >= 11 is 0. The standard InChI is InChI=1S/C25H37N7O4/c1-5-12-36-24-22(34-13-8-6-10-20-17-31(3)29-27-20)15-19(25(33)26-2)16-23(24)35-14-9-7-11-21-18-32(4)30-28-21/h15-18H,5-14H2,1-4H3,(H,26,33). The molecule has 1 amide bonds. The number of unbranched alkanes of at least 4 members (excludes halogenated alkanes) is 2. The Hall–Kier alpha value is -3.63. The van der Waals surface area contributed by atoms with E-state index in [0.29, 0.717) is 42.6 Å². The van der Waals surface area contributed by atoms with Crippen molar-refractivity contribution >= 4 is 5.91 Å². The lowest BCUT2D eigenvalue weighted by molar-refractivity contribution is 0.0962. The molecule has 2 heterocycles. The number of benzene rings is 1. The molecule has 3 rings (SSSR count). The zero-order valence-corrected chi connectivity index (χ0v) is 21.7. The SMILES string of the molecule is CCCOc1c(OCCCCc2cn(C)nn2)cc(C(=O)NC)cc1OCCCCc1cn(C)nn1. The van der Waals surface area contributed by atoms with Crippen LogP contribution in [0.25, 0.3) is 0 Å². The van der Waals surface area contributed by atoms with Crippen molar-refractivity contribution in [3.8, 4) is 17.2 Å². The Morgan fingerprint density at radius 3 is 1.78 bits per heavy atom. The van der Waals surface area contributed by atoms with Crippen LogP contribution in [0.3, 0.4) is 0 Å². The van der Waals surface area contributed by atoms with Crippen LogP contribution in [-0.2, 0) is 26.9 Å². The van der Waals surface area contributed by atoms with Crippen molar-refractivity contribution in [3.63, 3.8) is 0 Å². The number of hydrogen-bond donors (Lipinski definition) is 1. The second kappa shape index (κ2) is 14.1. The number of ether oxygens (including phenoxy) is 3. The van der Waals surface area contributed by atoms with Crippen LogP contribution in [-0.4, -0.2) is 62.8 Å². The summed E-state index contributed by atoms with van der Waals surface area (Å²) in [5.74, 6) is 1.35. The molecule has 0 aliphatic heterocycles. The molecule has 0 fully saturated rings. The number of carbonyl (C=O) groups excluding carboxylic acids is 1. The second-order valence-electron chi connectivity index (χ2n) is 8.61. The summed E-state index contributed by atoms with van der Waals surface area (Å²) in [7, 11) is 5.31. The van der Waals surface area contributed by atoms with Gasteiger partial charge in [0.05, 0.1) is 31.2 Å². The van der Waals surface area contributed by atoms with E-state index in [1.165, 1.54) is 0 Å². The minimum absolute atomic E-state index is 0.211. The van der Waals surface area contributed by atoms with Gasteiger partial charge >= 0.3 is 0 Å². The first-order chi connectivity index (χ1) is 17.5. The van der Waals surface area contributed by atoms with Gasteiger partial charge in [0.25, 0.3) is 5.91 Å². The third-order valence-corrected chi connectivity index (χ3v) is 5.43. The van der Waals surface area contributed by atoms with Crippen LogP contribution in [0, 0.1) is 0 Å². The van der Waals surface area contributed by atoms with E-state index in [9.17, 15) is 4.79 Å². The first-order valence-electron chi connectivity index (χ1n) is 12.5. The maximum atomic E-state index is 12.4. The number of carbonyl (C=O) groups is 1. The Morgan fingerprint density at radius 1 is 0.833 bits per heavy atom. The molecule has 196 valence electrons. The fourth-order valence-electron chi connectivity index (χ4n) is 3.61. The maximum absolute atomic E-state index is 12.4. The third-order valence-electron chi connectivity index (χ3n) is 5.43. The molecule has 0 aliphatic carbocycles. The van der Waals surface area contributed by atoms with Gasteiger partial charge < -0.3 is 19.5 Å². The smallest absolute Gasteiger partial charge is 0.251 e. The van der Waals surface area contributed by atoms with E-state index in [-0.39, 0.29) is 5.91 Å². The molecule has 0 radical (unpaired) electrons. The normalized spacial score (nSPS) is 10.9. The molecule has 0 spiro atoms. The van der Waals surface area contributed by atoms with E-state index in [2.05, 4.69) is 25.9 Å². The van der Waals surface area contributed by atoms with Crippen LogP contribution in [0.5, 0.6) is 17.2 Å². The number of amides is 1. The summed E-state index contributed by atoms with van der Waals surface area (Å²) < 4.78 is 21.6. The topological polar surface area (TPSA) is 118 Å². The highest BCUT2D eigenvalue weighted by molar-refractivity contribution is 5.95. The molecule has 0 atom stereocenters. The Balaban J connectivity index is 1.62. The summed E-state index contributed by atoms with van der Waals surface area (Å²) in [5, 5.41) is 18.8. The Kier molecular flexibility index (Phi) is 10.5. The van der Waals surface area contributed by atoms with Crippen molar-refractivity contribution in [2.45, 2.75) is 51.9 Å². The summed E-state index contributed by atoms with van der Waals surface area (Å²) in [4.78, 5) is 12.4. The minimum Gasteiger partial charge on any atom is -0.490 e. The second-order valence-corrected chi connectivity index (χ2v) is 8.61. The Morgan fingerprint density at radius 2 is 1.36 bits per heavy atom. The molecule has 1 aromatic carbocycles. The van der Waals surface area contributed by atoms with Crippen LogP contribution in [0.1, 0.15) is 60.8 Å². The molecule has 11 heteroatoms. The van der Waals surface area contributed by atoms with Gasteiger partial charge in [-0.05, 0) is 57.1 Å². The molecule has 3 aromatic rings. The van der Waals surface area contributed by atoms with E-state index in [4.69, 9.17) is 14.2 Å². The molecule has 2 aromatic heterocycles. The molecule has 0 unspecified atom stereocenters. The summed E-state index contributed by atoms with van der Waals surface area (Å²) in [5.41, 5.74) is 2.38. The minimum atomic E-state index is -0.211. The van der Waals surface area contributed by atoms with E-state index in [1.54, 1.807) is 28.5 Å². The fourth-order valence-corrected chi connectivity index (χ4v) is 3.61. The van der Waals surface area contributed by atoms with Gasteiger partial charge in [0, 0.05) is 39.1 Å². The molecule has 0 bridgehead atoms. The van der Waals surface area contributed by atoms with Gasteiger partial charge in [-0.1, -0.05) is 17.4 Å². The van der Waals surface area contributed by atoms with Crippen molar-refractivity contribution in [1.29, 1.82) is 0 Å². The molecule has 0 saturated heterocycles. The number of nitrogens with zero attached hydrogens (tertiary/aromatic N) is 6. The van der Waals surface area contributed by atoms with Gasteiger partial charge in [0.1, 0.15) is 0 Å². The Labute approximate surface area is 212 Å². The number of rotatable bonds is 16. The van der Waals surface area contributed by atoms with Crippen molar-refractivity contribution in [3.05, 3.63) is 41.5 Å². The fraction of sp³-hybridized carbons (Fsp3) is 0.560. The largest absolute Gasteiger partial charge is 0.490 e. The lowest BCUT2D eigenvalue weighted by Gasteiger charge is -2.18. The summed E-state index contributed by atoms with van der Waals surface area (Å²) in [6.07, 6.45) is 9.81. The van der Waals surface area contributed by atoms with Crippen molar-refractivity contribution < 1.29 is 19.0 Å². The van der Waals surface area contributed by atoms with Crippen LogP contribution in [0.2, 0.25) is 0 Å². The van der Waals surface area contributed by atoms with E-state index < -0.39 is 0 Å². The highest BCUT2D eigenvalue weighted by atomic mass is 16.5. The number of nitrogens with one attached hydrogen (secondary N) is 1. The van der Waals surface area contributed by atoms with E-state index in [0.717, 1.165) is 56.3 Å². The van der Waals surface area contributed by atoms with Gasteiger partial charge in [0.15, 0.2) is 11.5 Å². The highest BCUT2D eigenvalue weighted by Crippen LogP contribution is 2.39. The number of aromatic nitrogens is 6. The lowest BCUT2D eigenvalue weighted by atomic mass is 10.1.